The predicted molar refractivity (Wildman–Crippen MR) is 70.7 cm³/mol. The van der Waals surface area contributed by atoms with Crippen LogP contribution in [0.15, 0.2) is 16.8 Å². The van der Waals surface area contributed by atoms with Gasteiger partial charge in [0.25, 0.3) is 0 Å². The van der Waals surface area contributed by atoms with E-state index in [1.165, 1.54) is 0 Å². The lowest BCUT2D eigenvalue weighted by Gasteiger charge is -2.26. The van der Waals surface area contributed by atoms with E-state index in [-0.39, 0.29) is 19.0 Å². The number of carbonyl (C=O) groups is 2. The summed E-state index contributed by atoms with van der Waals surface area (Å²) in [6.07, 6.45) is -0.0220. The van der Waals surface area contributed by atoms with E-state index in [2.05, 4.69) is 0 Å². The molecule has 1 N–H and O–H groups in total. The van der Waals surface area contributed by atoms with E-state index in [0.717, 1.165) is 5.56 Å². The lowest BCUT2D eigenvalue weighted by molar-refractivity contribution is -0.137. The molecule has 18 heavy (non-hydrogen) atoms. The van der Waals surface area contributed by atoms with Gasteiger partial charge >= 0.3 is 12.0 Å². The van der Waals surface area contributed by atoms with Gasteiger partial charge in [-0.2, -0.15) is 11.3 Å². The quantitative estimate of drug-likeness (QED) is 0.861. The zero-order valence-corrected chi connectivity index (χ0v) is 11.4. The summed E-state index contributed by atoms with van der Waals surface area (Å²) in [7, 11) is 1.73. The summed E-state index contributed by atoms with van der Waals surface area (Å²) in [5, 5.41) is 12.6. The zero-order chi connectivity index (χ0) is 13.5. The second kappa shape index (κ2) is 7.00. The van der Waals surface area contributed by atoms with Crippen LogP contribution in [0.1, 0.15) is 18.9 Å². The van der Waals surface area contributed by atoms with E-state index >= 15 is 0 Å². The fourth-order valence-corrected chi connectivity index (χ4v) is 2.24. The molecular weight excluding hydrogens is 252 g/mol. The average Bonchev–Trinajstić information content (AvgIpc) is 2.81. The van der Waals surface area contributed by atoms with Gasteiger partial charge in [0.1, 0.15) is 0 Å². The number of thiophene rings is 1. The van der Waals surface area contributed by atoms with E-state index in [0.29, 0.717) is 13.1 Å². The summed E-state index contributed by atoms with van der Waals surface area (Å²) < 4.78 is 0. The minimum atomic E-state index is -0.887. The van der Waals surface area contributed by atoms with Crippen molar-refractivity contribution in [3.63, 3.8) is 0 Å². The van der Waals surface area contributed by atoms with Crippen molar-refractivity contribution in [3.8, 4) is 0 Å². The van der Waals surface area contributed by atoms with Gasteiger partial charge in [-0.1, -0.05) is 0 Å². The Balaban J connectivity index is 2.51. The molecule has 0 bridgehead atoms. The van der Waals surface area contributed by atoms with Crippen LogP contribution < -0.4 is 0 Å². The van der Waals surface area contributed by atoms with E-state index in [1.54, 1.807) is 28.2 Å². The topological polar surface area (TPSA) is 60.9 Å². The van der Waals surface area contributed by atoms with E-state index in [1.807, 2.05) is 23.8 Å². The second-order valence-corrected chi connectivity index (χ2v) is 4.77. The molecule has 0 aromatic carbocycles. The van der Waals surface area contributed by atoms with Gasteiger partial charge in [-0.3, -0.25) is 4.79 Å². The Hall–Kier alpha value is -1.56. The normalized spacial score (nSPS) is 10.1. The first-order chi connectivity index (χ1) is 8.54. The smallest absolute Gasteiger partial charge is 0.320 e. The molecule has 1 heterocycles. The van der Waals surface area contributed by atoms with Crippen LogP contribution in [0.5, 0.6) is 0 Å². The zero-order valence-electron chi connectivity index (χ0n) is 10.6. The highest BCUT2D eigenvalue weighted by atomic mass is 32.1. The van der Waals surface area contributed by atoms with Gasteiger partial charge in [0, 0.05) is 26.7 Å². The number of aliphatic carboxylic acids is 1. The van der Waals surface area contributed by atoms with Gasteiger partial charge in [-0.25, -0.2) is 4.79 Å². The first-order valence-electron chi connectivity index (χ1n) is 5.77. The Morgan fingerprint density at radius 3 is 2.67 bits per heavy atom. The van der Waals surface area contributed by atoms with Crippen LogP contribution in [-0.2, 0) is 11.3 Å². The Bertz CT molecular complexity index is 392. The molecule has 0 aliphatic heterocycles. The number of carboxylic acids is 1. The number of amides is 2. The third-order valence-corrected chi connectivity index (χ3v) is 3.31. The summed E-state index contributed by atoms with van der Waals surface area (Å²) in [6.45, 7) is 3.16. The Kier molecular flexibility index (Phi) is 5.64. The molecular formula is C12H18N2O3S. The molecule has 0 atom stereocenters. The third-order valence-electron chi connectivity index (χ3n) is 2.57. The summed E-state index contributed by atoms with van der Waals surface area (Å²) in [5.41, 5.74) is 1.09. The summed E-state index contributed by atoms with van der Waals surface area (Å²) in [4.78, 5) is 25.7. The number of urea groups is 1. The van der Waals surface area contributed by atoms with Gasteiger partial charge in [0.15, 0.2) is 0 Å². The van der Waals surface area contributed by atoms with Crippen molar-refractivity contribution >= 4 is 23.3 Å². The minimum absolute atomic E-state index is 0.0220. The monoisotopic (exact) mass is 270 g/mol. The molecule has 100 valence electrons. The highest BCUT2D eigenvalue weighted by molar-refractivity contribution is 7.07. The molecule has 0 aliphatic carbocycles. The second-order valence-electron chi connectivity index (χ2n) is 3.99. The van der Waals surface area contributed by atoms with E-state index in [4.69, 9.17) is 5.11 Å². The molecule has 0 spiro atoms. The molecule has 0 unspecified atom stereocenters. The molecule has 1 rings (SSSR count). The Morgan fingerprint density at radius 2 is 2.17 bits per heavy atom. The van der Waals surface area contributed by atoms with Gasteiger partial charge in [0.05, 0.1) is 6.42 Å². The fraction of sp³-hybridized carbons (Fsp3) is 0.500. The van der Waals surface area contributed by atoms with Crippen molar-refractivity contribution in [3.05, 3.63) is 22.4 Å². The van der Waals surface area contributed by atoms with E-state index < -0.39 is 5.97 Å². The van der Waals surface area contributed by atoms with Crippen LogP contribution in [0.4, 0.5) is 4.79 Å². The van der Waals surface area contributed by atoms with Crippen LogP contribution in [0.25, 0.3) is 0 Å². The maximum atomic E-state index is 12.1. The number of carbonyl (C=O) groups excluding carboxylic acids is 1. The van der Waals surface area contributed by atoms with Crippen molar-refractivity contribution in [2.45, 2.75) is 19.9 Å². The summed E-state index contributed by atoms with van der Waals surface area (Å²) in [5.74, 6) is -0.887. The molecule has 2 amide bonds. The third kappa shape index (κ3) is 4.37. The summed E-state index contributed by atoms with van der Waals surface area (Å²) >= 11 is 1.59. The van der Waals surface area contributed by atoms with Crippen LogP contribution in [0.2, 0.25) is 0 Å². The maximum absolute atomic E-state index is 12.1. The van der Waals surface area contributed by atoms with Gasteiger partial charge in [-0.15, -0.1) is 0 Å². The highest BCUT2D eigenvalue weighted by Gasteiger charge is 2.17. The number of nitrogens with zero attached hydrogens (tertiary/aromatic N) is 2. The van der Waals surface area contributed by atoms with Crippen LogP contribution in [0, 0.1) is 0 Å². The lowest BCUT2D eigenvalue weighted by Crippen LogP contribution is -2.41. The molecule has 0 saturated carbocycles. The molecule has 0 aliphatic rings. The summed E-state index contributed by atoms with van der Waals surface area (Å²) in [6, 6.07) is 1.84. The van der Waals surface area contributed by atoms with Gasteiger partial charge < -0.3 is 14.9 Å². The van der Waals surface area contributed by atoms with Crippen LogP contribution in [-0.4, -0.2) is 47.0 Å². The SMILES string of the molecule is CCN(CCC(=O)O)C(=O)N(C)Cc1ccsc1. The van der Waals surface area contributed by atoms with Gasteiger partial charge in [-0.05, 0) is 29.3 Å². The van der Waals surface area contributed by atoms with E-state index in [9.17, 15) is 9.59 Å². The number of hydrogen-bond acceptors (Lipinski definition) is 3. The molecule has 6 heteroatoms. The lowest BCUT2D eigenvalue weighted by atomic mass is 10.3. The number of rotatable bonds is 6. The largest absolute Gasteiger partial charge is 0.481 e. The van der Waals surface area contributed by atoms with Crippen molar-refractivity contribution in [2.75, 3.05) is 20.1 Å². The van der Waals surface area contributed by atoms with Crippen LogP contribution >= 0.6 is 11.3 Å². The van der Waals surface area contributed by atoms with Crippen molar-refractivity contribution in [1.82, 2.24) is 9.80 Å². The first kappa shape index (κ1) is 14.5. The van der Waals surface area contributed by atoms with Gasteiger partial charge in [0.2, 0.25) is 0 Å². The predicted octanol–water partition coefficient (Wildman–Crippen LogP) is 2.10. The van der Waals surface area contributed by atoms with Crippen LogP contribution in [0.3, 0.4) is 0 Å². The highest BCUT2D eigenvalue weighted by Crippen LogP contribution is 2.10. The Labute approximate surface area is 111 Å². The molecule has 0 fully saturated rings. The standard InChI is InChI=1S/C12H18N2O3S/c1-3-14(6-4-11(15)16)12(17)13(2)8-10-5-7-18-9-10/h5,7,9H,3-4,6,8H2,1-2H3,(H,15,16). The number of carboxylic acid groups (broad SMARTS) is 1. The first-order valence-corrected chi connectivity index (χ1v) is 6.71. The average molecular weight is 270 g/mol. The molecule has 1 aromatic heterocycles. The van der Waals surface area contributed by atoms with Crippen molar-refractivity contribution in [2.24, 2.45) is 0 Å². The minimum Gasteiger partial charge on any atom is -0.481 e. The van der Waals surface area contributed by atoms with Crippen molar-refractivity contribution < 1.29 is 14.7 Å². The Morgan fingerprint density at radius 1 is 1.44 bits per heavy atom. The fourth-order valence-electron chi connectivity index (χ4n) is 1.59. The molecule has 0 radical (unpaired) electrons. The maximum Gasteiger partial charge on any atom is 0.320 e. The van der Waals surface area contributed by atoms with Crippen molar-refractivity contribution in [1.29, 1.82) is 0 Å². The molecule has 0 saturated heterocycles. The molecule has 5 nitrogen and oxygen atoms in total. The molecule has 1 aromatic rings. The number of hydrogen-bond donors (Lipinski definition) is 1.